The zero-order chi connectivity index (χ0) is 12.6. The van der Waals surface area contributed by atoms with Gasteiger partial charge in [0.1, 0.15) is 5.54 Å². The zero-order valence-electron chi connectivity index (χ0n) is 8.51. The molecule has 1 saturated carbocycles. The van der Waals surface area contributed by atoms with E-state index in [0.717, 1.165) is 6.07 Å². The van der Waals surface area contributed by atoms with Gasteiger partial charge in [0.2, 0.25) is 5.82 Å². The summed E-state index contributed by atoms with van der Waals surface area (Å²) in [6.07, 6.45) is 2.07. The maximum Gasteiger partial charge on any atom is 0.329 e. The number of anilines is 1. The third kappa shape index (κ3) is 2.14. The van der Waals surface area contributed by atoms with Crippen LogP contribution in [-0.4, -0.2) is 26.5 Å². The van der Waals surface area contributed by atoms with Gasteiger partial charge in [-0.1, -0.05) is 11.6 Å². The summed E-state index contributed by atoms with van der Waals surface area (Å²) in [6.45, 7) is 0. The number of rotatable bonds is 4. The van der Waals surface area contributed by atoms with Crippen LogP contribution in [0.4, 0.5) is 11.5 Å². The number of nitrogens with zero attached hydrogens (tertiary/aromatic N) is 2. The largest absolute Gasteiger partial charge is 0.480 e. The Hall–Kier alpha value is -1.89. The van der Waals surface area contributed by atoms with Gasteiger partial charge in [0.15, 0.2) is 0 Å². The molecule has 1 aromatic rings. The van der Waals surface area contributed by atoms with Crippen LogP contribution >= 0.6 is 11.6 Å². The number of aromatic nitrogens is 1. The van der Waals surface area contributed by atoms with Gasteiger partial charge in [-0.15, -0.1) is 0 Å². The van der Waals surface area contributed by atoms with E-state index in [1.165, 1.54) is 6.20 Å². The fraction of sp³-hybridized carbons (Fsp3) is 0.333. The molecule has 1 fully saturated rings. The van der Waals surface area contributed by atoms with E-state index in [0.29, 0.717) is 12.8 Å². The molecule has 2 N–H and O–H groups in total. The highest BCUT2D eigenvalue weighted by molar-refractivity contribution is 6.30. The molecule has 8 heteroatoms. The van der Waals surface area contributed by atoms with Gasteiger partial charge in [0.05, 0.1) is 9.95 Å². The summed E-state index contributed by atoms with van der Waals surface area (Å²) in [5.41, 5.74) is -1.45. The molecule has 1 aliphatic carbocycles. The predicted molar refractivity (Wildman–Crippen MR) is 59.1 cm³/mol. The molecule has 0 atom stereocenters. The summed E-state index contributed by atoms with van der Waals surface area (Å²) in [7, 11) is 0. The summed E-state index contributed by atoms with van der Waals surface area (Å²) in [5, 5.41) is 22.5. The molecule has 0 saturated heterocycles. The van der Waals surface area contributed by atoms with E-state index in [1.807, 2.05) is 0 Å². The standard InChI is InChI=1S/C9H8ClN3O4/c10-5-3-6(13(16)17)7(11-4-5)12-9(1-2-9)8(14)15/h3-4H,1-2H2,(H,11,12)(H,14,15). The number of pyridine rings is 1. The summed E-state index contributed by atoms with van der Waals surface area (Å²) in [6, 6.07) is 1.13. The molecular formula is C9H8ClN3O4. The van der Waals surface area contributed by atoms with Gasteiger partial charge in [-0.3, -0.25) is 10.1 Å². The minimum atomic E-state index is -1.12. The number of carboxylic acid groups (broad SMARTS) is 1. The molecular weight excluding hydrogens is 250 g/mol. The maximum absolute atomic E-state index is 10.9. The highest BCUT2D eigenvalue weighted by Crippen LogP contribution is 2.40. The van der Waals surface area contributed by atoms with Crippen LogP contribution in [0, 0.1) is 10.1 Å². The van der Waals surface area contributed by atoms with Gasteiger partial charge in [-0.25, -0.2) is 9.78 Å². The molecule has 90 valence electrons. The number of halogens is 1. The van der Waals surface area contributed by atoms with Crippen molar-refractivity contribution in [2.45, 2.75) is 18.4 Å². The number of hydrogen-bond acceptors (Lipinski definition) is 5. The Kier molecular flexibility index (Phi) is 2.62. The van der Waals surface area contributed by atoms with Gasteiger partial charge in [0, 0.05) is 12.3 Å². The number of aliphatic carboxylic acids is 1. The second-order valence-electron chi connectivity index (χ2n) is 3.79. The number of carboxylic acids is 1. The molecule has 0 spiro atoms. The Bertz CT molecular complexity index is 501. The van der Waals surface area contributed by atoms with Crippen LogP contribution in [0.25, 0.3) is 0 Å². The van der Waals surface area contributed by atoms with E-state index in [1.54, 1.807) is 0 Å². The highest BCUT2D eigenvalue weighted by atomic mass is 35.5. The topological polar surface area (TPSA) is 105 Å². The molecule has 0 bridgehead atoms. The van der Waals surface area contributed by atoms with Crippen LogP contribution in [0.5, 0.6) is 0 Å². The fourth-order valence-corrected chi connectivity index (χ4v) is 1.56. The number of hydrogen-bond donors (Lipinski definition) is 2. The molecule has 0 aliphatic heterocycles. The molecule has 17 heavy (non-hydrogen) atoms. The van der Waals surface area contributed by atoms with Crippen LogP contribution in [0.15, 0.2) is 12.3 Å². The van der Waals surface area contributed by atoms with Crippen LogP contribution < -0.4 is 5.32 Å². The Labute approximate surface area is 101 Å². The van der Waals surface area contributed by atoms with Crippen molar-refractivity contribution in [3.63, 3.8) is 0 Å². The zero-order valence-corrected chi connectivity index (χ0v) is 9.27. The Morgan fingerprint density at radius 3 is 2.76 bits per heavy atom. The maximum atomic E-state index is 10.9. The average Bonchev–Trinajstić information content (AvgIpc) is 3.01. The molecule has 1 aliphatic rings. The van der Waals surface area contributed by atoms with Crippen molar-refractivity contribution in [3.05, 3.63) is 27.4 Å². The number of nitrogens with one attached hydrogen (secondary N) is 1. The first-order chi connectivity index (χ1) is 7.94. The van der Waals surface area contributed by atoms with Gasteiger partial charge >= 0.3 is 11.7 Å². The van der Waals surface area contributed by atoms with Gasteiger partial charge < -0.3 is 10.4 Å². The minimum absolute atomic E-state index is 0.0701. The third-order valence-electron chi connectivity index (χ3n) is 2.55. The molecule has 2 rings (SSSR count). The first kappa shape index (κ1) is 11.6. The van der Waals surface area contributed by atoms with Crippen molar-refractivity contribution in [3.8, 4) is 0 Å². The van der Waals surface area contributed by atoms with Gasteiger partial charge in [-0.05, 0) is 12.8 Å². The van der Waals surface area contributed by atoms with E-state index in [4.69, 9.17) is 16.7 Å². The van der Waals surface area contributed by atoms with Crippen LogP contribution in [-0.2, 0) is 4.79 Å². The van der Waals surface area contributed by atoms with Crippen LogP contribution in [0.1, 0.15) is 12.8 Å². The van der Waals surface area contributed by atoms with Crippen molar-refractivity contribution >= 4 is 29.1 Å². The molecule has 0 unspecified atom stereocenters. The summed E-state index contributed by atoms with van der Waals surface area (Å²) in [5.74, 6) is -1.11. The van der Waals surface area contributed by atoms with Crippen molar-refractivity contribution in [2.75, 3.05) is 5.32 Å². The molecule has 0 amide bonds. The SMILES string of the molecule is O=C(O)C1(Nc2ncc(Cl)cc2[N+](=O)[O-])CC1. The smallest absolute Gasteiger partial charge is 0.329 e. The van der Waals surface area contributed by atoms with E-state index in [-0.39, 0.29) is 16.5 Å². The first-order valence-electron chi connectivity index (χ1n) is 4.76. The average molecular weight is 258 g/mol. The van der Waals surface area contributed by atoms with E-state index in [2.05, 4.69) is 10.3 Å². The van der Waals surface area contributed by atoms with Crippen LogP contribution in [0.2, 0.25) is 5.02 Å². The van der Waals surface area contributed by atoms with E-state index < -0.39 is 16.4 Å². The summed E-state index contributed by atoms with van der Waals surface area (Å²) in [4.78, 5) is 24.8. The lowest BCUT2D eigenvalue weighted by atomic mass is 10.2. The number of nitro groups is 1. The number of carbonyl (C=O) groups is 1. The van der Waals surface area contributed by atoms with E-state index in [9.17, 15) is 14.9 Å². The molecule has 0 aromatic carbocycles. The van der Waals surface area contributed by atoms with Gasteiger partial charge in [0.25, 0.3) is 0 Å². The third-order valence-corrected chi connectivity index (χ3v) is 2.75. The molecule has 1 heterocycles. The van der Waals surface area contributed by atoms with Crippen LogP contribution in [0.3, 0.4) is 0 Å². The lowest BCUT2D eigenvalue weighted by molar-refractivity contribution is -0.384. The summed E-state index contributed by atoms with van der Waals surface area (Å²) >= 11 is 5.60. The van der Waals surface area contributed by atoms with Crippen molar-refractivity contribution < 1.29 is 14.8 Å². The molecule has 7 nitrogen and oxygen atoms in total. The second-order valence-corrected chi connectivity index (χ2v) is 4.23. The van der Waals surface area contributed by atoms with E-state index >= 15 is 0 Å². The fourth-order valence-electron chi connectivity index (χ4n) is 1.41. The van der Waals surface area contributed by atoms with Crippen molar-refractivity contribution in [1.82, 2.24) is 4.98 Å². The van der Waals surface area contributed by atoms with Crippen molar-refractivity contribution in [2.24, 2.45) is 0 Å². The second kappa shape index (κ2) is 3.85. The normalized spacial score (nSPS) is 16.3. The Morgan fingerprint density at radius 2 is 2.29 bits per heavy atom. The lowest BCUT2D eigenvalue weighted by Gasteiger charge is -2.12. The predicted octanol–water partition coefficient (Wildman–Crippen LogP) is 1.67. The molecule has 1 aromatic heterocycles. The quantitative estimate of drug-likeness (QED) is 0.628. The monoisotopic (exact) mass is 257 g/mol. The summed E-state index contributed by atoms with van der Waals surface area (Å²) < 4.78 is 0. The highest BCUT2D eigenvalue weighted by Gasteiger charge is 2.51. The van der Waals surface area contributed by atoms with Gasteiger partial charge in [-0.2, -0.15) is 0 Å². The lowest BCUT2D eigenvalue weighted by Crippen LogP contribution is -2.32. The Morgan fingerprint density at radius 1 is 1.65 bits per heavy atom. The Balaban J connectivity index is 2.33. The molecule has 0 radical (unpaired) electrons. The first-order valence-corrected chi connectivity index (χ1v) is 5.14. The minimum Gasteiger partial charge on any atom is -0.480 e. The van der Waals surface area contributed by atoms with Crippen molar-refractivity contribution in [1.29, 1.82) is 0 Å².